The number of carboxylic acids is 1. The van der Waals surface area contributed by atoms with Crippen molar-refractivity contribution in [2.45, 2.75) is 0 Å². The summed E-state index contributed by atoms with van der Waals surface area (Å²) in [7, 11) is 0. The highest BCUT2D eigenvalue weighted by atomic mass is 19.1. The standard InChI is InChI=1S/C20H19FN6O3/c21-17-11-24-20(26-14-6-4-13(5-7-14)23-12-18(29)30)27-19(17)25-16-3-1-2-15(10-16)22-8-9-28/h1-7,10-12,22,28H,8-9H2,(H,29,30)(H2,24,25,26,27). The lowest BCUT2D eigenvalue weighted by Gasteiger charge is -2.11. The first-order chi connectivity index (χ1) is 14.5. The Bertz CT molecular complexity index is 1040. The van der Waals surface area contributed by atoms with Crippen LogP contribution in [0.5, 0.6) is 0 Å². The highest BCUT2D eigenvalue weighted by Gasteiger charge is 2.08. The molecule has 0 atom stereocenters. The van der Waals surface area contributed by atoms with Crippen molar-refractivity contribution in [2.24, 2.45) is 4.99 Å². The molecule has 9 nitrogen and oxygen atoms in total. The molecule has 0 fully saturated rings. The van der Waals surface area contributed by atoms with Crippen LogP contribution < -0.4 is 16.0 Å². The second-order valence-corrected chi connectivity index (χ2v) is 6.01. The third kappa shape index (κ3) is 5.97. The van der Waals surface area contributed by atoms with Gasteiger partial charge < -0.3 is 26.2 Å². The topological polar surface area (TPSA) is 132 Å². The fourth-order valence-electron chi connectivity index (χ4n) is 2.45. The summed E-state index contributed by atoms with van der Waals surface area (Å²) in [6.45, 7) is 0.403. The SMILES string of the molecule is O=C(O)C=Nc1ccc(Nc2ncc(F)c(Nc3cccc(NCCO)c3)n2)cc1. The van der Waals surface area contributed by atoms with Gasteiger partial charge in [-0.05, 0) is 42.5 Å². The zero-order chi connectivity index (χ0) is 21.3. The number of nitrogens with zero attached hydrogens (tertiary/aromatic N) is 3. The predicted octanol–water partition coefficient (Wildman–Crippen LogP) is 3.29. The Balaban J connectivity index is 1.71. The minimum absolute atomic E-state index is 0.000111. The number of benzene rings is 2. The summed E-state index contributed by atoms with van der Waals surface area (Å²) in [6.07, 6.45) is 1.86. The number of hydrogen-bond acceptors (Lipinski definition) is 8. The number of aliphatic carboxylic acids is 1. The molecular weight excluding hydrogens is 391 g/mol. The Hall–Kier alpha value is -4.05. The van der Waals surface area contributed by atoms with Crippen molar-refractivity contribution in [1.82, 2.24) is 9.97 Å². The number of aromatic nitrogens is 2. The molecule has 2 aromatic carbocycles. The molecule has 30 heavy (non-hydrogen) atoms. The van der Waals surface area contributed by atoms with E-state index in [1.54, 1.807) is 42.5 Å². The molecule has 5 N–H and O–H groups in total. The summed E-state index contributed by atoms with van der Waals surface area (Å²) in [6, 6.07) is 13.7. The van der Waals surface area contributed by atoms with Crippen LogP contribution in [0.3, 0.4) is 0 Å². The summed E-state index contributed by atoms with van der Waals surface area (Å²) in [4.78, 5) is 22.4. The molecule has 1 heterocycles. The van der Waals surface area contributed by atoms with E-state index in [2.05, 4.69) is 30.9 Å². The molecule has 0 saturated heterocycles. The maximum Gasteiger partial charge on any atom is 0.346 e. The normalized spacial score (nSPS) is 10.7. The molecule has 0 saturated carbocycles. The maximum atomic E-state index is 14.2. The first kappa shape index (κ1) is 20.7. The van der Waals surface area contributed by atoms with Crippen LogP contribution >= 0.6 is 0 Å². The van der Waals surface area contributed by atoms with Crippen molar-refractivity contribution >= 4 is 46.7 Å². The van der Waals surface area contributed by atoms with Crippen LogP contribution in [0, 0.1) is 5.82 Å². The minimum Gasteiger partial charge on any atom is -0.477 e. The molecular formula is C20H19FN6O3. The number of aliphatic hydroxyl groups excluding tert-OH is 1. The molecule has 1 aromatic heterocycles. The van der Waals surface area contributed by atoms with Crippen LogP contribution in [-0.2, 0) is 4.79 Å². The van der Waals surface area contributed by atoms with Crippen molar-refractivity contribution in [3.05, 3.63) is 60.5 Å². The number of hydrogen-bond donors (Lipinski definition) is 5. The average molecular weight is 410 g/mol. The number of aliphatic imine (C=N–C) groups is 1. The van der Waals surface area contributed by atoms with Crippen molar-refractivity contribution < 1.29 is 19.4 Å². The fourth-order valence-corrected chi connectivity index (χ4v) is 2.45. The Kier molecular flexibility index (Phi) is 6.85. The molecule has 0 spiro atoms. The molecule has 3 rings (SSSR count). The van der Waals surface area contributed by atoms with E-state index in [-0.39, 0.29) is 18.4 Å². The van der Waals surface area contributed by atoms with Crippen LogP contribution in [0.25, 0.3) is 0 Å². The quantitative estimate of drug-likeness (QED) is 0.340. The number of anilines is 5. The first-order valence-corrected chi connectivity index (χ1v) is 8.92. The Labute approximate surface area is 171 Å². The third-order valence-corrected chi connectivity index (χ3v) is 3.76. The van der Waals surface area contributed by atoms with Gasteiger partial charge in [-0.3, -0.25) is 0 Å². The van der Waals surface area contributed by atoms with Gasteiger partial charge >= 0.3 is 5.97 Å². The van der Waals surface area contributed by atoms with Crippen LogP contribution in [0.2, 0.25) is 0 Å². The van der Waals surface area contributed by atoms with Crippen molar-refractivity contribution in [3.63, 3.8) is 0 Å². The van der Waals surface area contributed by atoms with Gasteiger partial charge in [0, 0.05) is 23.6 Å². The zero-order valence-electron chi connectivity index (χ0n) is 15.7. The van der Waals surface area contributed by atoms with Gasteiger partial charge in [-0.15, -0.1) is 0 Å². The second kappa shape index (κ2) is 9.94. The molecule has 0 aliphatic carbocycles. The monoisotopic (exact) mass is 410 g/mol. The lowest BCUT2D eigenvalue weighted by Crippen LogP contribution is -2.06. The minimum atomic E-state index is -1.13. The van der Waals surface area contributed by atoms with Crippen molar-refractivity contribution in [1.29, 1.82) is 0 Å². The van der Waals surface area contributed by atoms with E-state index in [1.807, 2.05) is 6.07 Å². The van der Waals surface area contributed by atoms with Crippen LogP contribution in [0.4, 0.5) is 38.9 Å². The smallest absolute Gasteiger partial charge is 0.346 e. The predicted molar refractivity (Wildman–Crippen MR) is 113 cm³/mol. The van der Waals surface area contributed by atoms with Crippen LogP contribution in [-0.4, -0.2) is 45.5 Å². The third-order valence-electron chi connectivity index (χ3n) is 3.76. The largest absolute Gasteiger partial charge is 0.477 e. The first-order valence-electron chi connectivity index (χ1n) is 8.92. The molecule has 0 aliphatic heterocycles. The van der Waals surface area contributed by atoms with Crippen LogP contribution in [0.1, 0.15) is 0 Å². The van der Waals surface area contributed by atoms with Gasteiger partial charge in [0.2, 0.25) is 5.95 Å². The van der Waals surface area contributed by atoms with Crippen LogP contribution in [0.15, 0.2) is 59.7 Å². The fraction of sp³-hybridized carbons (Fsp3) is 0.100. The Morgan fingerprint density at radius 2 is 1.87 bits per heavy atom. The summed E-state index contributed by atoms with van der Waals surface area (Å²) >= 11 is 0. The molecule has 0 unspecified atom stereocenters. The van der Waals surface area contributed by atoms with E-state index < -0.39 is 11.8 Å². The van der Waals surface area contributed by atoms with Gasteiger partial charge in [0.05, 0.1) is 18.5 Å². The van der Waals surface area contributed by atoms with Crippen molar-refractivity contribution in [3.8, 4) is 0 Å². The molecule has 0 aliphatic rings. The second-order valence-electron chi connectivity index (χ2n) is 6.01. The average Bonchev–Trinajstić information content (AvgIpc) is 2.74. The van der Waals surface area contributed by atoms with E-state index in [0.29, 0.717) is 23.6 Å². The summed E-state index contributed by atoms with van der Waals surface area (Å²) in [5, 5.41) is 26.4. The molecule has 10 heteroatoms. The van der Waals surface area contributed by atoms with E-state index >= 15 is 0 Å². The Morgan fingerprint density at radius 1 is 1.10 bits per heavy atom. The number of aliphatic hydroxyl groups is 1. The highest BCUT2D eigenvalue weighted by molar-refractivity contribution is 6.22. The van der Waals surface area contributed by atoms with Gasteiger partial charge in [-0.1, -0.05) is 6.07 Å². The van der Waals surface area contributed by atoms with E-state index in [0.717, 1.165) is 18.1 Å². The molecule has 0 bridgehead atoms. The van der Waals surface area contributed by atoms with E-state index in [1.165, 1.54) is 0 Å². The van der Waals surface area contributed by atoms with Gasteiger partial charge in [-0.2, -0.15) is 4.98 Å². The van der Waals surface area contributed by atoms with Gasteiger partial charge in [0.25, 0.3) is 0 Å². The molecule has 154 valence electrons. The lowest BCUT2D eigenvalue weighted by molar-refractivity contribution is -0.128. The highest BCUT2D eigenvalue weighted by Crippen LogP contribution is 2.23. The van der Waals surface area contributed by atoms with Gasteiger partial charge in [0.1, 0.15) is 6.21 Å². The molecule has 0 amide bonds. The summed E-state index contributed by atoms with van der Waals surface area (Å²) < 4.78 is 14.2. The van der Waals surface area contributed by atoms with E-state index in [9.17, 15) is 9.18 Å². The molecule has 3 aromatic rings. The number of rotatable bonds is 9. The van der Waals surface area contributed by atoms with E-state index in [4.69, 9.17) is 10.2 Å². The Morgan fingerprint density at radius 3 is 2.60 bits per heavy atom. The number of nitrogens with one attached hydrogen (secondary N) is 3. The summed E-state index contributed by atoms with van der Waals surface area (Å²) in [5.74, 6) is -1.58. The number of halogens is 1. The zero-order valence-corrected chi connectivity index (χ0v) is 15.7. The summed E-state index contributed by atoms with van der Waals surface area (Å²) in [5.41, 5.74) is 2.48. The number of carbonyl (C=O) groups is 1. The van der Waals surface area contributed by atoms with Gasteiger partial charge in [-0.25, -0.2) is 19.2 Å². The number of carboxylic acid groups (broad SMARTS) is 1. The maximum absolute atomic E-state index is 14.2. The van der Waals surface area contributed by atoms with Crippen molar-refractivity contribution in [2.75, 3.05) is 29.1 Å². The lowest BCUT2D eigenvalue weighted by atomic mass is 10.2. The van der Waals surface area contributed by atoms with Gasteiger partial charge in [0.15, 0.2) is 11.6 Å². The molecule has 0 radical (unpaired) electrons.